The summed E-state index contributed by atoms with van der Waals surface area (Å²) in [6.07, 6.45) is 2.48. The molecule has 0 spiro atoms. The SMILES string of the molecule is Cc1cc2nc(CCC(=O)[N+]3(C(=O)Nc4ccccc4-c4ccccc4)CCC[C@H]3C)n(C)c2cc1C. The number of nitrogens with one attached hydrogen (secondary N) is 1. The fraction of sp³-hybridized carbons (Fsp3) is 0.323. The zero-order chi connectivity index (χ0) is 26.2. The third kappa shape index (κ3) is 4.46. The number of urea groups is 1. The molecule has 0 radical (unpaired) electrons. The van der Waals surface area contributed by atoms with Gasteiger partial charge >= 0.3 is 11.9 Å². The topological polar surface area (TPSA) is 64.0 Å². The molecule has 5 rings (SSSR count). The van der Waals surface area contributed by atoms with Crippen LogP contribution in [0.25, 0.3) is 22.2 Å². The van der Waals surface area contributed by atoms with Gasteiger partial charge in [0.1, 0.15) is 11.9 Å². The fourth-order valence-electron chi connectivity index (χ4n) is 5.68. The molecule has 3 amide bonds. The van der Waals surface area contributed by atoms with Gasteiger partial charge in [-0.05, 0) is 55.7 Å². The van der Waals surface area contributed by atoms with E-state index >= 15 is 0 Å². The van der Waals surface area contributed by atoms with Crippen molar-refractivity contribution in [3.8, 4) is 11.1 Å². The Morgan fingerprint density at radius 2 is 1.73 bits per heavy atom. The van der Waals surface area contributed by atoms with Crippen LogP contribution in [0.2, 0.25) is 0 Å². The Kier molecular flexibility index (Phi) is 6.69. The van der Waals surface area contributed by atoms with Crippen LogP contribution >= 0.6 is 0 Å². The van der Waals surface area contributed by atoms with Gasteiger partial charge in [-0.25, -0.2) is 14.6 Å². The lowest BCUT2D eigenvalue weighted by Crippen LogP contribution is -2.60. The maximum absolute atomic E-state index is 13.9. The minimum atomic E-state index is -0.241. The van der Waals surface area contributed by atoms with E-state index in [0.717, 1.165) is 46.5 Å². The normalized spacial score (nSPS) is 19.3. The number of rotatable bonds is 5. The number of nitrogens with zero attached hydrogens (tertiary/aromatic N) is 3. The number of imidazole rings is 1. The first-order valence-corrected chi connectivity index (χ1v) is 13.1. The van der Waals surface area contributed by atoms with Crippen LogP contribution in [0.5, 0.6) is 0 Å². The number of para-hydroxylation sites is 1. The van der Waals surface area contributed by atoms with E-state index in [4.69, 9.17) is 4.98 Å². The highest BCUT2D eigenvalue weighted by molar-refractivity contribution is 5.96. The molecule has 1 unspecified atom stereocenters. The number of fused-ring (bicyclic) bond motifs is 1. The third-order valence-corrected chi connectivity index (χ3v) is 8.10. The van der Waals surface area contributed by atoms with Crippen molar-refractivity contribution in [2.45, 2.75) is 52.5 Å². The molecule has 1 aliphatic heterocycles. The molecular weight excluding hydrogens is 460 g/mol. The molecule has 0 aliphatic carbocycles. The van der Waals surface area contributed by atoms with Crippen LogP contribution in [0.1, 0.15) is 43.1 Å². The summed E-state index contributed by atoms with van der Waals surface area (Å²) in [5.41, 5.74) is 7.14. The van der Waals surface area contributed by atoms with Crippen LogP contribution in [-0.2, 0) is 18.3 Å². The van der Waals surface area contributed by atoms with Gasteiger partial charge in [0.2, 0.25) is 0 Å². The molecule has 37 heavy (non-hydrogen) atoms. The molecule has 6 nitrogen and oxygen atoms in total. The average Bonchev–Trinajstić information content (AvgIpc) is 3.44. The maximum atomic E-state index is 13.9. The zero-order valence-corrected chi connectivity index (χ0v) is 22.1. The molecule has 1 N–H and O–H groups in total. The van der Waals surface area contributed by atoms with Crippen molar-refractivity contribution < 1.29 is 14.1 Å². The van der Waals surface area contributed by atoms with Crippen LogP contribution in [-0.4, -0.2) is 38.6 Å². The van der Waals surface area contributed by atoms with Gasteiger partial charge in [0, 0.05) is 31.9 Å². The standard InChI is InChI=1S/C31H34N4O2/c1-21-19-27-28(20-22(21)2)34(4)29(32-27)16-17-30(36)35(18-10-11-23(35)3)31(37)33-26-15-9-8-14-25(26)24-12-6-5-7-13-24/h5-9,12-15,19-20,23H,10-11,16-18H2,1-4H3/p+1/t23-,35?/m1/s1. The fourth-order valence-corrected chi connectivity index (χ4v) is 5.68. The van der Waals surface area contributed by atoms with E-state index in [-0.39, 0.29) is 28.9 Å². The van der Waals surface area contributed by atoms with Crippen LogP contribution in [0.3, 0.4) is 0 Å². The molecular formula is C31H35N4O2+. The minimum Gasteiger partial charge on any atom is -0.331 e. The van der Waals surface area contributed by atoms with E-state index in [1.54, 1.807) is 0 Å². The van der Waals surface area contributed by atoms with E-state index in [1.165, 1.54) is 11.1 Å². The first-order chi connectivity index (χ1) is 17.8. The third-order valence-electron chi connectivity index (χ3n) is 8.10. The summed E-state index contributed by atoms with van der Waals surface area (Å²) in [7, 11) is 2.00. The van der Waals surface area contributed by atoms with Crippen LogP contribution in [0, 0.1) is 13.8 Å². The summed E-state index contributed by atoms with van der Waals surface area (Å²) in [4.78, 5) is 32.5. The monoisotopic (exact) mass is 495 g/mol. The van der Waals surface area contributed by atoms with Crippen molar-refractivity contribution in [2.24, 2.45) is 7.05 Å². The van der Waals surface area contributed by atoms with Gasteiger partial charge in [0.05, 0.1) is 29.7 Å². The quantitative estimate of drug-likeness (QED) is 0.320. The van der Waals surface area contributed by atoms with Gasteiger partial charge in [-0.3, -0.25) is 5.32 Å². The Balaban J connectivity index is 1.40. The van der Waals surface area contributed by atoms with Gasteiger partial charge in [0.25, 0.3) is 0 Å². The minimum absolute atomic E-state index is 0.0425. The lowest BCUT2D eigenvalue weighted by Gasteiger charge is -2.33. The highest BCUT2D eigenvalue weighted by Crippen LogP contribution is 2.33. The van der Waals surface area contributed by atoms with Crippen molar-refractivity contribution in [2.75, 3.05) is 11.9 Å². The molecule has 1 aromatic heterocycles. The predicted octanol–water partition coefficient (Wildman–Crippen LogP) is 6.55. The number of hydrogen-bond donors (Lipinski definition) is 1. The lowest BCUT2D eigenvalue weighted by molar-refractivity contribution is -0.782. The average molecular weight is 496 g/mol. The number of benzene rings is 3. The Morgan fingerprint density at radius 1 is 1.03 bits per heavy atom. The van der Waals surface area contributed by atoms with Gasteiger partial charge in [0.15, 0.2) is 0 Å². The number of aryl methyl sites for hydroxylation is 4. The van der Waals surface area contributed by atoms with Gasteiger partial charge in [-0.1, -0.05) is 48.5 Å². The van der Waals surface area contributed by atoms with Crippen molar-refractivity contribution in [1.29, 1.82) is 0 Å². The summed E-state index contributed by atoms with van der Waals surface area (Å²) in [5.74, 6) is 0.826. The number of carbonyl (C=O) groups excluding carboxylic acids is 2. The molecule has 0 bridgehead atoms. The van der Waals surface area contributed by atoms with E-state index < -0.39 is 0 Å². The van der Waals surface area contributed by atoms with Crippen LogP contribution in [0.15, 0.2) is 66.7 Å². The van der Waals surface area contributed by atoms with Crippen LogP contribution in [0.4, 0.5) is 10.5 Å². The highest BCUT2D eigenvalue weighted by atomic mass is 16.2. The Morgan fingerprint density at radius 3 is 2.46 bits per heavy atom. The Hall–Kier alpha value is -3.77. The molecule has 0 saturated carbocycles. The highest BCUT2D eigenvalue weighted by Gasteiger charge is 2.52. The Labute approximate surface area is 218 Å². The number of carbonyl (C=O) groups is 2. The summed E-state index contributed by atoms with van der Waals surface area (Å²) >= 11 is 0. The summed E-state index contributed by atoms with van der Waals surface area (Å²) < 4.78 is 1.91. The second-order valence-electron chi connectivity index (χ2n) is 10.3. The number of quaternary nitrogens is 1. The Bertz CT molecular complexity index is 1470. The maximum Gasteiger partial charge on any atom is 0.428 e. The van der Waals surface area contributed by atoms with Crippen molar-refractivity contribution in [1.82, 2.24) is 9.55 Å². The molecule has 1 aliphatic rings. The molecule has 4 aromatic rings. The predicted molar refractivity (Wildman–Crippen MR) is 148 cm³/mol. The number of amides is 3. The van der Waals surface area contributed by atoms with Crippen molar-refractivity contribution in [3.63, 3.8) is 0 Å². The number of imide groups is 1. The zero-order valence-electron chi connectivity index (χ0n) is 22.1. The number of hydrogen-bond acceptors (Lipinski definition) is 3. The van der Waals surface area contributed by atoms with Crippen LogP contribution < -0.4 is 5.32 Å². The van der Waals surface area contributed by atoms with E-state index in [2.05, 4.69) is 35.9 Å². The van der Waals surface area contributed by atoms with E-state index in [9.17, 15) is 9.59 Å². The first kappa shape index (κ1) is 24.9. The summed E-state index contributed by atoms with van der Waals surface area (Å²) in [6, 6.07) is 21.7. The molecule has 6 heteroatoms. The number of anilines is 1. The largest absolute Gasteiger partial charge is 0.428 e. The second kappa shape index (κ2) is 9.94. The molecule has 2 atom stereocenters. The van der Waals surface area contributed by atoms with Gasteiger partial charge in [-0.15, -0.1) is 0 Å². The summed E-state index contributed by atoms with van der Waals surface area (Å²) in [5, 5.41) is 3.14. The first-order valence-electron chi connectivity index (χ1n) is 13.1. The second-order valence-corrected chi connectivity index (χ2v) is 10.3. The van der Waals surface area contributed by atoms with Crippen molar-refractivity contribution in [3.05, 3.63) is 83.7 Å². The molecule has 190 valence electrons. The van der Waals surface area contributed by atoms with E-state index in [1.807, 2.05) is 68.6 Å². The molecule has 1 fully saturated rings. The van der Waals surface area contributed by atoms with Gasteiger partial charge < -0.3 is 4.57 Å². The molecule has 2 heterocycles. The molecule has 1 saturated heterocycles. The number of likely N-dealkylation sites (tertiary alicyclic amines) is 1. The summed E-state index contributed by atoms with van der Waals surface area (Å²) in [6.45, 7) is 6.74. The van der Waals surface area contributed by atoms with Crippen molar-refractivity contribution >= 4 is 28.7 Å². The van der Waals surface area contributed by atoms with Gasteiger partial charge in [-0.2, -0.15) is 4.48 Å². The van der Waals surface area contributed by atoms with E-state index in [0.29, 0.717) is 13.0 Å². The smallest absolute Gasteiger partial charge is 0.331 e. The number of aromatic nitrogens is 2. The lowest BCUT2D eigenvalue weighted by atomic mass is 10.0. The molecule has 3 aromatic carbocycles.